The molecular weight excluding hydrogens is 149 g/mol. The highest BCUT2D eigenvalue weighted by Gasteiger charge is 2.02. The topological polar surface area (TPSA) is 55.5 Å². The van der Waals surface area contributed by atoms with E-state index in [-0.39, 0.29) is 18.0 Å². The lowest BCUT2D eigenvalue weighted by Crippen LogP contribution is -1.95. The van der Waals surface area contributed by atoms with Crippen molar-refractivity contribution in [3.05, 3.63) is 23.8 Å². The fourth-order valence-electron chi connectivity index (χ4n) is 0.747. The van der Waals surface area contributed by atoms with E-state index in [9.17, 15) is 4.53 Å². The molecule has 0 unspecified atom stereocenters. The third-order valence-electron chi connectivity index (χ3n) is 1.34. The Labute approximate surface area is 63.1 Å². The van der Waals surface area contributed by atoms with Crippen molar-refractivity contribution in [2.24, 2.45) is 5.73 Å². The summed E-state index contributed by atoms with van der Waals surface area (Å²) in [5.74, 6) is -0.433. The number of phenols is 1. The summed E-state index contributed by atoms with van der Waals surface area (Å²) in [6, 6.07) is 4.27. The van der Waals surface area contributed by atoms with E-state index < -0.39 is 0 Å². The zero-order chi connectivity index (χ0) is 8.27. The Hall–Kier alpha value is -1.29. The highest BCUT2D eigenvalue weighted by atomic mass is 19.3. The molecule has 0 radical (unpaired) electrons. The van der Waals surface area contributed by atoms with Crippen LogP contribution in [0.15, 0.2) is 18.2 Å². The van der Waals surface area contributed by atoms with Gasteiger partial charge in [-0.2, -0.15) is 0 Å². The maximum Gasteiger partial charge on any atom is 0.213 e. The predicted molar refractivity (Wildman–Crippen MR) is 37.7 cm³/mol. The molecule has 0 aliphatic carbocycles. The van der Waals surface area contributed by atoms with Crippen molar-refractivity contribution in [2.45, 2.75) is 6.54 Å². The zero-order valence-electron chi connectivity index (χ0n) is 5.75. The Bertz CT molecular complexity index is 252. The third-order valence-corrected chi connectivity index (χ3v) is 1.34. The van der Waals surface area contributed by atoms with Crippen LogP contribution in [0.1, 0.15) is 5.56 Å². The molecule has 1 rings (SSSR count). The van der Waals surface area contributed by atoms with Crippen LogP contribution < -0.4 is 10.7 Å². The van der Waals surface area contributed by atoms with Crippen molar-refractivity contribution < 1.29 is 14.6 Å². The highest BCUT2D eigenvalue weighted by Crippen LogP contribution is 2.26. The molecule has 0 amide bonds. The molecule has 0 saturated carbocycles. The molecule has 3 nitrogen and oxygen atoms in total. The minimum absolute atomic E-state index is 0.201. The number of halogens is 1. The minimum atomic E-state index is -0.232. The first kappa shape index (κ1) is 7.81. The number of hydrogen-bond acceptors (Lipinski definition) is 3. The van der Waals surface area contributed by atoms with Crippen molar-refractivity contribution >= 4 is 0 Å². The Morgan fingerprint density at radius 3 is 2.82 bits per heavy atom. The Balaban J connectivity index is 3.02. The van der Waals surface area contributed by atoms with Crippen molar-refractivity contribution in [1.29, 1.82) is 0 Å². The van der Waals surface area contributed by atoms with E-state index in [2.05, 4.69) is 4.94 Å². The summed E-state index contributed by atoms with van der Waals surface area (Å²) in [7, 11) is 0. The Morgan fingerprint density at radius 1 is 1.55 bits per heavy atom. The van der Waals surface area contributed by atoms with Gasteiger partial charge in [-0.15, -0.1) is 0 Å². The normalized spacial score (nSPS) is 9.64. The second-order valence-electron chi connectivity index (χ2n) is 2.08. The standard InChI is InChI=1S/C7H8FNO2/c8-11-7-3-5(4-9)1-2-6(7)10/h1-3,10H,4,9H2. The largest absolute Gasteiger partial charge is 0.504 e. The highest BCUT2D eigenvalue weighted by molar-refractivity contribution is 5.41. The fourth-order valence-corrected chi connectivity index (χ4v) is 0.747. The van der Waals surface area contributed by atoms with Crippen LogP contribution in [0, 0.1) is 0 Å². The van der Waals surface area contributed by atoms with Gasteiger partial charge in [0.05, 0.1) is 0 Å². The van der Waals surface area contributed by atoms with Gasteiger partial charge in [0.15, 0.2) is 5.75 Å². The van der Waals surface area contributed by atoms with Crippen molar-refractivity contribution in [3.63, 3.8) is 0 Å². The van der Waals surface area contributed by atoms with Crippen LogP contribution in [-0.2, 0) is 6.54 Å². The van der Waals surface area contributed by atoms with Crippen LogP contribution in [0.5, 0.6) is 11.5 Å². The van der Waals surface area contributed by atoms with Crippen LogP contribution in [0.3, 0.4) is 0 Å². The molecule has 0 aromatic heterocycles. The smallest absolute Gasteiger partial charge is 0.213 e. The van der Waals surface area contributed by atoms with Crippen molar-refractivity contribution in [2.75, 3.05) is 0 Å². The summed E-state index contributed by atoms with van der Waals surface area (Å²) < 4.78 is 11.6. The van der Waals surface area contributed by atoms with E-state index in [1.807, 2.05) is 0 Å². The zero-order valence-corrected chi connectivity index (χ0v) is 5.75. The van der Waals surface area contributed by atoms with Crippen LogP contribution in [0.25, 0.3) is 0 Å². The number of aromatic hydroxyl groups is 1. The maximum absolute atomic E-state index is 11.6. The molecule has 0 fully saturated rings. The number of phenolic OH excluding ortho intramolecular Hbond substituents is 1. The van der Waals surface area contributed by atoms with Crippen molar-refractivity contribution in [1.82, 2.24) is 0 Å². The van der Waals surface area contributed by atoms with Gasteiger partial charge in [0.25, 0.3) is 0 Å². The van der Waals surface area contributed by atoms with Gasteiger partial charge in [-0.25, -0.2) is 0 Å². The average Bonchev–Trinajstić information content (AvgIpc) is 2.05. The van der Waals surface area contributed by atoms with Gasteiger partial charge < -0.3 is 10.8 Å². The molecule has 1 aromatic carbocycles. The Morgan fingerprint density at radius 2 is 2.27 bits per heavy atom. The maximum atomic E-state index is 11.6. The first-order valence-corrected chi connectivity index (χ1v) is 3.08. The van der Waals surface area contributed by atoms with Gasteiger partial charge in [-0.3, -0.25) is 4.94 Å². The molecule has 11 heavy (non-hydrogen) atoms. The van der Waals surface area contributed by atoms with Gasteiger partial charge in [-0.05, 0) is 17.7 Å². The SMILES string of the molecule is NCc1ccc(O)c(OF)c1. The Kier molecular flexibility index (Phi) is 2.28. The van der Waals surface area contributed by atoms with Crippen LogP contribution in [-0.4, -0.2) is 5.11 Å². The molecule has 0 bridgehead atoms. The van der Waals surface area contributed by atoms with Gasteiger partial charge in [0.1, 0.15) is 0 Å². The van der Waals surface area contributed by atoms with Gasteiger partial charge >= 0.3 is 0 Å². The van der Waals surface area contributed by atoms with Gasteiger partial charge in [0.2, 0.25) is 5.75 Å². The van der Waals surface area contributed by atoms with E-state index in [0.29, 0.717) is 5.56 Å². The van der Waals surface area contributed by atoms with E-state index in [4.69, 9.17) is 10.8 Å². The molecule has 60 valence electrons. The third kappa shape index (κ3) is 1.59. The summed E-state index contributed by atoms with van der Waals surface area (Å²) >= 11 is 0. The lowest BCUT2D eigenvalue weighted by Gasteiger charge is -2.00. The van der Waals surface area contributed by atoms with E-state index >= 15 is 0 Å². The number of rotatable bonds is 2. The second-order valence-corrected chi connectivity index (χ2v) is 2.08. The lowest BCUT2D eigenvalue weighted by molar-refractivity contribution is -0.00902. The summed E-state index contributed by atoms with van der Waals surface area (Å²) in [4.78, 5) is 3.38. The van der Waals surface area contributed by atoms with Gasteiger partial charge in [0, 0.05) is 11.1 Å². The average molecular weight is 157 g/mol. The van der Waals surface area contributed by atoms with E-state index in [0.717, 1.165) is 0 Å². The molecule has 0 spiro atoms. The summed E-state index contributed by atoms with van der Waals surface area (Å²) in [5, 5.41) is 8.92. The molecule has 1 aromatic rings. The number of hydrogen-bond donors (Lipinski definition) is 2. The summed E-state index contributed by atoms with van der Waals surface area (Å²) in [6.07, 6.45) is 0. The first-order valence-electron chi connectivity index (χ1n) is 3.08. The predicted octanol–water partition coefficient (Wildman–Crippen LogP) is 1.11. The van der Waals surface area contributed by atoms with Crippen LogP contribution in [0.4, 0.5) is 4.53 Å². The monoisotopic (exact) mass is 157 g/mol. The molecule has 0 saturated heterocycles. The number of benzene rings is 1. The van der Waals surface area contributed by atoms with Crippen molar-refractivity contribution in [3.8, 4) is 11.5 Å². The molecule has 0 atom stereocenters. The first-order chi connectivity index (χ1) is 5.27. The quantitative estimate of drug-likeness (QED) is 0.676. The molecule has 4 heteroatoms. The van der Waals surface area contributed by atoms with Crippen LogP contribution in [0.2, 0.25) is 0 Å². The fraction of sp³-hybridized carbons (Fsp3) is 0.143. The molecule has 0 heterocycles. The van der Waals surface area contributed by atoms with E-state index in [1.165, 1.54) is 12.1 Å². The van der Waals surface area contributed by atoms with Crippen LogP contribution >= 0.6 is 0 Å². The molecule has 0 aliphatic rings. The lowest BCUT2D eigenvalue weighted by atomic mass is 10.2. The molecular formula is C7H8FNO2. The summed E-state index contributed by atoms with van der Waals surface area (Å²) in [6.45, 7) is 0.288. The molecule has 3 N–H and O–H groups in total. The minimum Gasteiger partial charge on any atom is -0.504 e. The molecule has 0 aliphatic heterocycles. The van der Waals surface area contributed by atoms with E-state index in [1.54, 1.807) is 6.07 Å². The number of nitrogens with two attached hydrogens (primary N) is 1. The van der Waals surface area contributed by atoms with Gasteiger partial charge in [-0.1, -0.05) is 6.07 Å². The summed E-state index contributed by atoms with van der Waals surface area (Å²) in [5.41, 5.74) is 5.97. The second kappa shape index (κ2) is 3.21.